The molecular formula is C18H18N6O5. The highest BCUT2D eigenvalue weighted by atomic mass is 16.6. The summed E-state index contributed by atoms with van der Waals surface area (Å²) in [5.74, 6) is -1.27. The van der Waals surface area contributed by atoms with Gasteiger partial charge in [-0.2, -0.15) is 5.10 Å². The molecule has 0 saturated heterocycles. The number of ether oxygens (including phenoxy) is 1. The number of nitro benzene ring substituents is 1. The number of nitrogens with zero attached hydrogens (tertiary/aromatic N) is 4. The highest BCUT2D eigenvalue weighted by Crippen LogP contribution is 2.25. The molecule has 0 atom stereocenters. The van der Waals surface area contributed by atoms with Crippen LogP contribution in [0.3, 0.4) is 0 Å². The minimum absolute atomic E-state index is 0.0450. The standard InChI is InChI=1S/C18H18N6O5/c1-10-8-12(16-11(2)22-23(3)17(16)19-10)18(26)21-20-15(25)9-29-14-7-5-4-6-13(14)24(27)28/h4-8H,9H2,1-3H3,(H,20,25)(H,21,26). The Morgan fingerprint density at radius 1 is 1.24 bits per heavy atom. The predicted octanol–water partition coefficient (Wildman–Crippen LogP) is 1.33. The number of aryl methyl sites for hydroxylation is 3. The van der Waals surface area contributed by atoms with E-state index in [2.05, 4.69) is 20.9 Å². The van der Waals surface area contributed by atoms with Crippen molar-refractivity contribution in [3.63, 3.8) is 0 Å². The fraction of sp³-hybridized carbons (Fsp3) is 0.222. The van der Waals surface area contributed by atoms with Crippen molar-refractivity contribution in [3.05, 3.63) is 57.4 Å². The topological polar surface area (TPSA) is 141 Å². The summed E-state index contributed by atoms with van der Waals surface area (Å²) in [6.45, 7) is 2.99. The minimum atomic E-state index is -0.679. The third-order valence-corrected chi connectivity index (χ3v) is 4.08. The Kier molecular flexibility index (Phi) is 5.39. The van der Waals surface area contributed by atoms with Crippen LogP contribution in [0.4, 0.5) is 5.69 Å². The molecule has 0 aliphatic rings. The highest BCUT2D eigenvalue weighted by molar-refractivity contribution is 6.06. The molecule has 0 bridgehead atoms. The first-order valence-electron chi connectivity index (χ1n) is 8.54. The van der Waals surface area contributed by atoms with Crippen molar-refractivity contribution in [2.45, 2.75) is 13.8 Å². The molecule has 3 aromatic rings. The first kappa shape index (κ1) is 19.7. The van der Waals surface area contributed by atoms with Crippen LogP contribution in [0.25, 0.3) is 11.0 Å². The number of para-hydroxylation sites is 2. The molecule has 2 heterocycles. The van der Waals surface area contributed by atoms with Crippen LogP contribution in [-0.2, 0) is 11.8 Å². The fourth-order valence-corrected chi connectivity index (χ4v) is 2.85. The van der Waals surface area contributed by atoms with E-state index >= 15 is 0 Å². The summed E-state index contributed by atoms with van der Waals surface area (Å²) >= 11 is 0. The van der Waals surface area contributed by atoms with E-state index in [1.165, 1.54) is 18.2 Å². The van der Waals surface area contributed by atoms with E-state index in [4.69, 9.17) is 4.74 Å². The van der Waals surface area contributed by atoms with E-state index < -0.39 is 23.3 Å². The van der Waals surface area contributed by atoms with Gasteiger partial charge in [-0.15, -0.1) is 0 Å². The van der Waals surface area contributed by atoms with Crippen LogP contribution >= 0.6 is 0 Å². The number of amides is 2. The Bertz CT molecular complexity index is 1120. The number of nitrogens with one attached hydrogen (secondary N) is 2. The van der Waals surface area contributed by atoms with Crippen molar-refractivity contribution in [2.24, 2.45) is 7.05 Å². The molecule has 0 saturated carbocycles. The SMILES string of the molecule is Cc1cc(C(=O)NNC(=O)COc2ccccc2[N+](=O)[O-])c2c(C)nn(C)c2n1. The molecule has 0 aliphatic heterocycles. The van der Waals surface area contributed by atoms with E-state index in [-0.39, 0.29) is 11.4 Å². The second kappa shape index (κ2) is 7.92. The lowest BCUT2D eigenvalue weighted by Crippen LogP contribution is -2.44. The number of pyridine rings is 1. The van der Waals surface area contributed by atoms with Gasteiger partial charge in [-0.05, 0) is 26.0 Å². The Hall–Kier alpha value is -4.02. The number of hydrogen-bond donors (Lipinski definition) is 2. The smallest absolute Gasteiger partial charge is 0.310 e. The molecule has 0 spiro atoms. The van der Waals surface area contributed by atoms with Gasteiger partial charge < -0.3 is 4.74 Å². The number of hydrazine groups is 1. The van der Waals surface area contributed by atoms with Gasteiger partial charge in [-0.1, -0.05) is 12.1 Å². The molecule has 2 N–H and O–H groups in total. The van der Waals surface area contributed by atoms with Crippen molar-refractivity contribution in [1.29, 1.82) is 0 Å². The first-order valence-corrected chi connectivity index (χ1v) is 8.54. The van der Waals surface area contributed by atoms with Crippen LogP contribution < -0.4 is 15.6 Å². The van der Waals surface area contributed by atoms with Gasteiger partial charge in [0.15, 0.2) is 18.0 Å². The number of nitro groups is 1. The van der Waals surface area contributed by atoms with E-state index in [1.807, 2.05) is 0 Å². The summed E-state index contributed by atoms with van der Waals surface area (Å²) in [7, 11) is 1.73. The number of carbonyl (C=O) groups excluding carboxylic acids is 2. The Morgan fingerprint density at radius 2 is 1.97 bits per heavy atom. The number of fused-ring (bicyclic) bond motifs is 1. The van der Waals surface area contributed by atoms with Crippen LogP contribution in [0.1, 0.15) is 21.7 Å². The maximum atomic E-state index is 12.6. The van der Waals surface area contributed by atoms with Crippen molar-refractivity contribution in [3.8, 4) is 5.75 Å². The number of benzene rings is 1. The molecule has 2 amide bonds. The zero-order valence-electron chi connectivity index (χ0n) is 15.9. The van der Waals surface area contributed by atoms with Crippen LogP contribution in [0.5, 0.6) is 5.75 Å². The van der Waals surface area contributed by atoms with Gasteiger partial charge in [-0.25, -0.2) is 4.98 Å². The molecule has 29 heavy (non-hydrogen) atoms. The van der Waals surface area contributed by atoms with Gasteiger partial charge in [-0.3, -0.25) is 35.2 Å². The zero-order valence-corrected chi connectivity index (χ0v) is 15.9. The third kappa shape index (κ3) is 4.13. The molecule has 1 aromatic carbocycles. The number of aromatic nitrogens is 3. The molecule has 0 fully saturated rings. The molecule has 3 rings (SSSR count). The minimum Gasteiger partial charge on any atom is -0.477 e. The van der Waals surface area contributed by atoms with Crippen molar-refractivity contribution in [2.75, 3.05) is 6.61 Å². The second-order valence-electron chi connectivity index (χ2n) is 6.23. The lowest BCUT2D eigenvalue weighted by Gasteiger charge is -2.10. The average molecular weight is 398 g/mol. The monoisotopic (exact) mass is 398 g/mol. The quantitative estimate of drug-likeness (QED) is 0.488. The molecule has 2 aromatic heterocycles. The first-order chi connectivity index (χ1) is 13.8. The molecule has 150 valence electrons. The van der Waals surface area contributed by atoms with E-state index in [1.54, 1.807) is 37.7 Å². The summed E-state index contributed by atoms with van der Waals surface area (Å²) in [6.07, 6.45) is 0. The number of hydrogen-bond acceptors (Lipinski definition) is 7. The van der Waals surface area contributed by atoms with Gasteiger partial charge >= 0.3 is 5.69 Å². The summed E-state index contributed by atoms with van der Waals surface area (Å²) in [5, 5.41) is 15.8. The molecule has 0 aliphatic carbocycles. The van der Waals surface area contributed by atoms with Crippen LogP contribution in [0.2, 0.25) is 0 Å². The van der Waals surface area contributed by atoms with E-state index in [0.717, 1.165) is 0 Å². The molecule has 0 unspecified atom stereocenters. The normalized spacial score (nSPS) is 10.6. The molecule has 11 heteroatoms. The number of carbonyl (C=O) groups is 2. The Morgan fingerprint density at radius 3 is 2.69 bits per heavy atom. The van der Waals surface area contributed by atoms with Crippen molar-refractivity contribution < 1.29 is 19.2 Å². The average Bonchev–Trinajstić information content (AvgIpc) is 2.97. The second-order valence-corrected chi connectivity index (χ2v) is 6.23. The lowest BCUT2D eigenvalue weighted by molar-refractivity contribution is -0.385. The predicted molar refractivity (Wildman–Crippen MR) is 102 cm³/mol. The summed E-state index contributed by atoms with van der Waals surface area (Å²) < 4.78 is 6.76. The van der Waals surface area contributed by atoms with Gasteiger partial charge in [0.05, 0.1) is 21.6 Å². The van der Waals surface area contributed by atoms with Gasteiger partial charge in [0.25, 0.3) is 11.8 Å². The van der Waals surface area contributed by atoms with Crippen LogP contribution in [-0.4, -0.2) is 38.1 Å². The maximum absolute atomic E-state index is 12.6. The third-order valence-electron chi connectivity index (χ3n) is 4.08. The highest BCUT2D eigenvalue weighted by Gasteiger charge is 2.19. The zero-order chi connectivity index (χ0) is 21.1. The van der Waals surface area contributed by atoms with Crippen molar-refractivity contribution in [1.82, 2.24) is 25.6 Å². The fourth-order valence-electron chi connectivity index (χ4n) is 2.85. The maximum Gasteiger partial charge on any atom is 0.310 e. The largest absolute Gasteiger partial charge is 0.477 e. The molecule has 0 radical (unpaired) electrons. The van der Waals surface area contributed by atoms with Crippen molar-refractivity contribution >= 4 is 28.5 Å². The summed E-state index contributed by atoms with van der Waals surface area (Å²) in [6, 6.07) is 7.29. The molecule has 11 nitrogen and oxygen atoms in total. The van der Waals surface area contributed by atoms with Crippen LogP contribution in [0.15, 0.2) is 30.3 Å². The Balaban J connectivity index is 1.67. The van der Waals surface area contributed by atoms with E-state index in [0.29, 0.717) is 28.0 Å². The summed E-state index contributed by atoms with van der Waals surface area (Å²) in [4.78, 5) is 39.3. The van der Waals surface area contributed by atoms with Gasteiger partial charge in [0.2, 0.25) is 0 Å². The molecular weight excluding hydrogens is 380 g/mol. The summed E-state index contributed by atoms with van der Waals surface area (Å²) in [5.41, 5.74) is 6.41. The van der Waals surface area contributed by atoms with Gasteiger partial charge in [0.1, 0.15) is 0 Å². The van der Waals surface area contributed by atoms with E-state index in [9.17, 15) is 19.7 Å². The van der Waals surface area contributed by atoms with Gasteiger partial charge in [0, 0.05) is 18.8 Å². The number of rotatable bonds is 5. The van der Waals surface area contributed by atoms with Crippen LogP contribution in [0, 0.1) is 24.0 Å². The Labute approximate surface area is 164 Å². The lowest BCUT2D eigenvalue weighted by atomic mass is 10.1.